The molecule has 1 fully saturated rings. The minimum absolute atomic E-state index is 0.0375. The fourth-order valence-electron chi connectivity index (χ4n) is 3.29. The van der Waals surface area contributed by atoms with E-state index in [-0.39, 0.29) is 29.1 Å². The van der Waals surface area contributed by atoms with E-state index in [4.69, 9.17) is 0 Å². The van der Waals surface area contributed by atoms with Crippen LogP contribution < -0.4 is 10.6 Å². The van der Waals surface area contributed by atoms with Crippen molar-refractivity contribution in [2.75, 3.05) is 10.6 Å². The molecular weight excluding hydrogens is 346 g/mol. The molecule has 3 rings (SSSR count). The van der Waals surface area contributed by atoms with E-state index in [1.807, 2.05) is 0 Å². The molecule has 8 heteroatoms. The molecule has 0 radical (unpaired) electrons. The highest BCUT2D eigenvalue weighted by molar-refractivity contribution is 5.94. The van der Waals surface area contributed by atoms with E-state index >= 15 is 0 Å². The van der Waals surface area contributed by atoms with E-state index in [1.165, 1.54) is 26.1 Å². The second-order valence-corrected chi connectivity index (χ2v) is 6.77. The van der Waals surface area contributed by atoms with Gasteiger partial charge in [0.25, 0.3) is 0 Å². The van der Waals surface area contributed by atoms with Gasteiger partial charge in [-0.15, -0.1) is 0 Å². The Bertz CT molecular complexity index is 815. The normalized spacial score (nSPS) is 15.0. The van der Waals surface area contributed by atoms with Crippen LogP contribution in [0.1, 0.15) is 55.8 Å². The van der Waals surface area contributed by atoms with E-state index in [0.29, 0.717) is 11.3 Å². The third-order valence-corrected chi connectivity index (χ3v) is 4.76. The number of hydrogen-bond acceptors (Lipinski definition) is 7. The molecule has 142 valence electrons. The van der Waals surface area contributed by atoms with E-state index in [0.717, 1.165) is 25.7 Å². The summed E-state index contributed by atoms with van der Waals surface area (Å²) in [6.45, 7) is 1.49. The molecule has 0 saturated heterocycles. The number of Topliss-reactive ketones (excluding diaryl/α,β-unsaturated/α-hetero) is 1. The summed E-state index contributed by atoms with van der Waals surface area (Å²) >= 11 is 0. The van der Waals surface area contributed by atoms with E-state index in [1.54, 1.807) is 24.3 Å². The van der Waals surface area contributed by atoms with Gasteiger partial charge in [-0.1, -0.05) is 25.7 Å². The molecule has 1 aliphatic rings. The predicted octanol–water partition coefficient (Wildman–Crippen LogP) is 4.47. The van der Waals surface area contributed by atoms with Crippen LogP contribution in [0.2, 0.25) is 0 Å². The lowest BCUT2D eigenvalue weighted by Crippen LogP contribution is -2.20. The molecule has 2 N–H and O–H groups in total. The Morgan fingerprint density at radius 3 is 2.30 bits per heavy atom. The first-order valence-electron chi connectivity index (χ1n) is 9.18. The van der Waals surface area contributed by atoms with E-state index in [2.05, 4.69) is 20.6 Å². The van der Waals surface area contributed by atoms with Gasteiger partial charge in [-0.05, 0) is 44.0 Å². The number of rotatable bonds is 6. The van der Waals surface area contributed by atoms with Crippen molar-refractivity contribution in [1.82, 2.24) is 9.97 Å². The van der Waals surface area contributed by atoms with Crippen LogP contribution in [0.4, 0.5) is 23.0 Å². The molecule has 8 nitrogen and oxygen atoms in total. The minimum atomic E-state index is -0.467. The Balaban J connectivity index is 1.84. The molecule has 1 saturated carbocycles. The van der Waals surface area contributed by atoms with Gasteiger partial charge < -0.3 is 10.6 Å². The second kappa shape index (κ2) is 8.57. The summed E-state index contributed by atoms with van der Waals surface area (Å²) in [6, 6.07) is 6.91. The standard InChI is InChI=1S/C19H23N5O3/c1-13(25)14-8-10-16(11-9-14)23-19-17(24(26)27)18(20-12-21-19)22-15-6-4-2-3-5-7-15/h8-12,15H,2-7H2,1H3,(H2,20,21,22,23). The van der Waals surface area contributed by atoms with Crippen LogP contribution in [0.5, 0.6) is 0 Å². The van der Waals surface area contributed by atoms with Crippen molar-refractivity contribution in [3.8, 4) is 0 Å². The lowest BCUT2D eigenvalue weighted by atomic mass is 10.1. The van der Waals surface area contributed by atoms with Gasteiger partial charge in [-0.2, -0.15) is 0 Å². The van der Waals surface area contributed by atoms with Gasteiger partial charge in [0.05, 0.1) is 4.92 Å². The maximum Gasteiger partial charge on any atom is 0.353 e. The molecular formula is C19H23N5O3. The smallest absolute Gasteiger partial charge is 0.353 e. The third-order valence-electron chi connectivity index (χ3n) is 4.76. The molecule has 0 spiro atoms. The van der Waals surface area contributed by atoms with Crippen LogP contribution in [-0.4, -0.2) is 26.7 Å². The van der Waals surface area contributed by atoms with Crippen molar-refractivity contribution < 1.29 is 9.72 Å². The molecule has 0 bridgehead atoms. The Morgan fingerprint density at radius 2 is 1.70 bits per heavy atom. The minimum Gasteiger partial charge on any atom is -0.361 e. The maximum atomic E-state index is 11.7. The number of nitrogens with zero attached hydrogens (tertiary/aromatic N) is 3. The molecule has 0 amide bonds. The second-order valence-electron chi connectivity index (χ2n) is 6.77. The number of nitrogens with one attached hydrogen (secondary N) is 2. The molecule has 0 aliphatic heterocycles. The zero-order chi connectivity index (χ0) is 19.2. The average Bonchev–Trinajstić information content (AvgIpc) is 2.91. The van der Waals surface area contributed by atoms with Crippen LogP contribution in [0, 0.1) is 10.1 Å². The van der Waals surface area contributed by atoms with Gasteiger partial charge >= 0.3 is 5.69 Å². The number of hydrogen-bond donors (Lipinski definition) is 2. The summed E-state index contributed by atoms with van der Waals surface area (Å²) in [4.78, 5) is 30.8. The van der Waals surface area contributed by atoms with Crippen LogP contribution >= 0.6 is 0 Å². The summed E-state index contributed by atoms with van der Waals surface area (Å²) in [5, 5.41) is 17.9. The first-order valence-corrected chi connectivity index (χ1v) is 9.18. The van der Waals surface area contributed by atoms with Crippen LogP contribution in [0.15, 0.2) is 30.6 Å². The number of anilines is 3. The lowest BCUT2D eigenvalue weighted by molar-refractivity contribution is -0.383. The van der Waals surface area contributed by atoms with Crippen molar-refractivity contribution >= 4 is 28.8 Å². The Morgan fingerprint density at radius 1 is 1.07 bits per heavy atom. The fourth-order valence-corrected chi connectivity index (χ4v) is 3.29. The van der Waals surface area contributed by atoms with Gasteiger partial charge in [0.2, 0.25) is 11.6 Å². The average molecular weight is 369 g/mol. The topological polar surface area (TPSA) is 110 Å². The molecule has 1 heterocycles. The van der Waals surface area contributed by atoms with Crippen molar-refractivity contribution in [2.45, 2.75) is 51.5 Å². The maximum absolute atomic E-state index is 11.7. The number of ketones is 1. The van der Waals surface area contributed by atoms with Crippen molar-refractivity contribution in [3.63, 3.8) is 0 Å². The highest BCUT2D eigenvalue weighted by Crippen LogP contribution is 2.33. The number of nitro groups is 1. The van der Waals surface area contributed by atoms with Gasteiger partial charge in [-0.25, -0.2) is 9.97 Å². The zero-order valence-electron chi connectivity index (χ0n) is 15.3. The zero-order valence-corrected chi connectivity index (χ0v) is 15.3. The highest BCUT2D eigenvalue weighted by Gasteiger charge is 2.25. The van der Waals surface area contributed by atoms with Crippen molar-refractivity contribution in [1.29, 1.82) is 0 Å². The first-order chi connectivity index (χ1) is 13.0. The summed E-state index contributed by atoms with van der Waals surface area (Å²) in [5.41, 5.74) is 1.02. The number of carbonyl (C=O) groups is 1. The van der Waals surface area contributed by atoms with Gasteiger partial charge in [0.1, 0.15) is 6.33 Å². The monoisotopic (exact) mass is 369 g/mol. The molecule has 2 aromatic rings. The van der Waals surface area contributed by atoms with Gasteiger partial charge in [0, 0.05) is 17.3 Å². The predicted molar refractivity (Wildman–Crippen MR) is 104 cm³/mol. The largest absolute Gasteiger partial charge is 0.361 e. The summed E-state index contributed by atoms with van der Waals surface area (Å²) in [5.74, 6) is 0.330. The van der Waals surface area contributed by atoms with Gasteiger partial charge in [-0.3, -0.25) is 14.9 Å². The van der Waals surface area contributed by atoms with Crippen LogP contribution in [0.3, 0.4) is 0 Å². The van der Waals surface area contributed by atoms with Crippen LogP contribution in [-0.2, 0) is 0 Å². The van der Waals surface area contributed by atoms with E-state index in [9.17, 15) is 14.9 Å². The molecule has 1 aromatic heterocycles. The Hall–Kier alpha value is -3.03. The van der Waals surface area contributed by atoms with E-state index < -0.39 is 4.92 Å². The summed E-state index contributed by atoms with van der Waals surface area (Å²) < 4.78 is 0. The third kappa shape index (κ3) is 4.78. The quantitative estimate of drug-likeness (QED) is 0.334. The number of carbonyl (C=O) groups excluding carboxylic acids is 1. The Kier molecular flexibility index (Phi) is 5.95. The molecule has 27 heavy (non-hydrogen) atoms. The molecule has 0 unspecified atom stereocenters. The molecule has 0 atom stereocenters. The summed E-state index contributed by atoms with van der Waals surface area (Å²) in [6.07, 6.45) is 7.92. The lowest BCUT2D eigenvalue weighted by Gasteiger charge is -2.17. The number of benzene rings is 1. The summed E-state index contributed by atoms with van der Waals surface area (Å²) in [7, 11) is 0. The fraction of sp³-hybridized carbons (Fsp3) is 0.421. The van der Waals surface area contributed by atoms with Gasteiger partial charge in [0.15, 0.2) is 5.78 Å². The Labute approximate surface area is 157 Å². The van der Waals surface area contributed by atoms with Crippen LogP contribution in [0.25, 0.3) is 0 Å². The highest BCUT2D eigenvalue weighted by atomic mass is 16.6. The number of aromatic nitrogens is 2. The molecule has 1 aliphatic carbocycles. The molecule has 1 aromatic carbocycles. The van der Waals surface area contributed by atoms with Crippen molar-refractivity contribution in [3.05, 3.63) is 46.3 Å². The first kappa shape index (κ1) is 18.8. The van der Waals surface area contributed by atoms with Crippen molar-refractivity contribution in [2.24, 2.45) is 0 Å². The SMILES string of the molecule is CC(=O)c1ccc(Nc2ncnc(NC3CCCCCC3)c2[N+](=O)[O-])cc1.